The number of nitrogens with one attached hydrogen (secondary N) is 1. The predicted octanol–water partition coefficient (Wildman–Crippen LogP) is 4.54. The molecule has 9 nitrogen and oxygen atoms in total. The Bertz CT molecular complexity index is 1630. The Kier molecular flexibility index (Phi) is 6.79. The summed E-state index contributed by atoms with van der Waals surface area (Å²) in [5.74, 6) is -0.485. The minimum Gasteiger partial charge on any atom is -0.352 e. The molecule has 2 amide bonds. The highest BCUT2D eigenvalue weighted by atomic mass is 16.2. The highest BCUT2D eigenvalue weighted by molar-refractivity contribution is 6.02. The van der Waals surface area contributed by atoms with Gasteiger partial charge in [0.25, 0.3) is 0 Å². The monoisotopic (exact) mass is 521 g/mol. The molecular formula is C30H31N7O2. The molecule has 0 bridgehead atoms. The van der Waals surface area contributed by atoms with E-state index in [9.17, 15) is 9.59 Å². The number of aromatic nitrogens is 5. The highest BCUT2D eigenvalue weighted by Crippen LogP contribution is 2.31. The second-order valence-corrected chi connectivity index (χ2v) is 10.2. The molecule has 6 rings (SSSR count). The first-order chi connectivity index (χ1) is 19.1. The van der Waals surface area contributed by atoms with Gasteiger partial charge in [-0.2, -0.15) is 0 Å². The predicted molar refractivity (Wildman–Crippen MR) is 150 cm³/mol. The van der Waals surface area contributed by atoms with E-state index >= 15 is 0 Å². The second-order valence-electron chi connectivity index (χ2n) is 10.2. The largest absolute Gasteiger partial charge is 0.352 e. The van der Waals surface area contributed by atoms with Crippen molar-refractivity contribution < 1.29 is 9.59 Å². The van der Waals surface area contributed by atoms with Gasteiger partial charge in [-0.3, -0.25) is 19.5 Å². The standard InChI is InChI=1S/C30H31N7O2/c1-35-17-9-16-27(35)29(30(39)32-22-11-3-2-4-12-22)37(23-18-21-10-5-6-13-24(21)31-19-23)28(38)20-36-26-15-8-7-14-25(26)33-34-36/h5-10,13-19,22,29H,2-4,11-12,20H2,1H3,(H,32,39)/t29-/m0/s1. The molecule has 1 atom stereocenters. The number of benzene rings is 2. The van der Waals surface area contributed by atoms with E-state index in [1.807, 2.05) is 84.5 Å². The van der Waals surface area contributed by atoms with Gasteiger partial charge in [0.05, 0.1) is 28.6 Å². The molecule has 1 aliphatic carbocycles. The fourth-order valence-electron chi connectivity index (χ4n) is 5.54. The summed E-state index contributed by atoms with van der Waals surface area (Å²) < 4.78 is 3.48. The fourth-order valence-corrected chi connectivity index (χ4v) is 5.54. The smallest absolute Gasteiger partial charge is 0.249 e. The van der Waals surface area contributed by atoms with Crippen molar-refractivity contribution in [2.75, 3.05) is 4.90 Å². The fraction of sp³-hybridized carbons (Fsp3) is 0.300. The van der Waals surface area contributed by atoms with E-state index in [1.54, 1.807) is 15.8 Å². The molecule has 0 aliphatic heterocycles. The number of fused-ring (bicyclic) bond motifs is 2. The van der Waals surface area contributed by atoms with Crippen molar-refractivity contribution in [2.45, 2.75) is 50.7 Å². The van der Waals surface area contributed by atoms with Crippen LogP contribution in [0.4, 0.5) is 5.69 Å². The lowest BCUT2D eigenvalue weighted by Gasteiger charge is -2.33. The van der Waals surface area contributed by atoms with Crippen LogP contribution in [0.25, 0.3) is 21.9 Å². The molecule has 9 heteroatoms. The molecular weight excluding hydrogens is 490 g/mol. The number of hydrogen-bond donors (Lipinski definition) is 1. The number of rotatable bonds is 7. The Labute approximate surface area is 226 Å². The summed E-state index contributed by atoms with van der Waals surface area (Å²) in [7, 11) is 1.89. The minimum absolute atomic E-state index is 0.0784. The third kappa shape index (κ3) is 4.99. The number of para-hydroxylation sites is 2. The van der Waals surface area contributed by atoms with Gasteiger partial charge in [-0.15, -0.1) is 5.10 Å². The van der Waals surface area contributed by atoms with Crippen LogP contribution < -0.4 is 10.2 Å². The molecule has 1 aliphatic rings. The lowest BCUT2D eigenvalue weighted by molar-refractivity contribution is -0.127. The topological polar surface area (TPSA) is 97.9 Å². The second kappa shape index (κ2) is 10.7. The van der Waals surface area contributed by atoms with E-state index < -0.39 is 6.04 Å². The van der Waals surface area contributed by atoms with Crippen LogP contribution in [-0.4, -0.2) is 42.4 Å². The van der Waals surface area contributed by atoms with Crippen LogP contribution in [0.3, 0.4) is 0 Å². The molecule has 0 radical (unpaired) electrons. The quantitative estimate of drug-likeness (QED) is 0.339. The molecule has 0 unspecified atom stereocenters. The van der Waals surface area contributed by atoms with Gasteiger partial charge in [-0.05, 0) is 49.2 Å². The molecule has 1 fully saturated rings. The van der Waals surface area contributed by atoms with E-state index in [-0.39, 0.29) is 24.4 Å². The SMILES string of the molecule is Cn1cccc1[C@@H](C(=O)NC1CCCCC1)N(C(=O)Cn1nnc2ccccc21)c1cnc2ccccc2c1. The zero-order chi connectivity index (χ0) is 26.8. The third-order valence-corrected chi connectivity index (χ3v) is 7.55. The highest BCUT2D eigenvalue weighted by Gasteiger charge is 2.36. The van der Waals surface area contributed by atoms with Gasteiger partial charge in [0.15, 0.2) is 6.04 Å². The first-order valence-corrected chi connectivity index (χ1v) is 13.5. The number of carbonyl (C=O) groups excluding carboxylic acids is 2. The van der Waals surface area contributed by atoms with Gasteiger partial charge in [-0.1, -0.05) is 54.8 Å². The van der Waals surface area contributed by atoms with Crippen molar-refractivity contribution in [1.29, 1.82) is 0 Å². The van der Waals surface area contributed by atoms with Crippen LogP contribution in [-0.2, 0) is 23.2 Å². The maximum absolute atomic E-state index is 14.3. The Morgan fingerprint density at radius 1 is 1.00 bits per heavy atom. The zero-order valence-corrected chi connectivity index (χ0v) is 21.9. The maximum Gasteiger partial charge on any atom is 0.249 e. The summed E-state index contributed by atoms with van der Waals surface area (Å²) in [4.78, 5) is 34.5. The number of anilines is 1. The molecule has 0 saturated heterocycles. The number of hydrogen-bond acceptors (Lipinski definition) is 5. The molecule has 3 heterocycles. The van der Waals surface area contributed by atoms with Crippen LogP contribution in [0, 0.1) is 0 Å². The van der Waals surface area contributed by atoms with Crippen LogP contribution >= 0.6 is 0 Å². The van der Waals surface area contributed by atoms with Crippen LogP contribution in [0.5, 0.6) is 0 Å². The molecule has 5 aromatic rings. The van der Waals surface area contributed by atoms with E-state index in [0.717, 1.165) is 42.1 Å². The Balaban J connectivity index is 1.44. The summed E-state index contributed by atoms with van der Waals surface area (Å²) in [6.07, 6.45) is 8.83. The first-order valence-electron chi connectivity index (χ1n) is 13.5. The molecule has 2 aromatic carbocycles. The number of carbonyl (C=O) groups is 2. The normalized spacial score (nSPS) is 14.9. The maximum atomic E-state index is 14.3. The van der Waals surface area contributed by atoms with Gasteiger partial charge < -0.3 is 9.88 Å². The lowest BCUT2D eigenvalue weighted by atomic mass is 9.95. The molecule has 198 valence electrons. The van der Waals surface area contributed by atoms with Crippen LogP contribution in [0.2, 0.25) is 0 Å². The molecule has 1 saturated carbocycles. The van der Waals surface area contributed by atoms with Crippen LogP contribution in [0.1, 0.15) is 43.8 Å². The summed E-state index contributed by atoms with van der Waals surface area (Å²) in [5, 5.41) is 12.6. The number of nitrogens with zero attached hydrogens (tertiary/aromatic N) is 6. The number of amides is 2. The van der Waals surface area contributed by atoms with E-state index in [1.165, 1.54) is 6.42 Å². The van der Waals surface area contributed by atoms with Gasteiger partial charge in [0.1, 0.15) is 12.1 Å². The lowest BCUT2D eigenvalue weighted by Crippen LogP contribution is -2.48. The van der Waals surface area contributed by atoms with Crippen molar-refractivity contribution in [3.05, 3.63) is 84.8 Å². The average Bonchev–Trinajstić information content (AvgIpc) is 3.57. The van der Waals surface area contributed by atoms with Gasteiger partial charge >= 0.3 is 0 Å². The Morgan fingerprint density at radius 2 is 1.77 bits per heavy atom. The van der Waals surface area contributed by atoms with Crippen molar-refractivity contribution in [3.8, 4) is 0 Å². The average molecular weight is 522 g/mol. The minimum atomic E-state index is -0.892. The van der Waals surface area contributed by atoms with Crippen molar-refractivity contribution in [2.24, 2.45) is 7.05 Å². The summed E-state index contributed by atoms with van der Waals surface area (Å²) in [6.45, 7) is -0.0784. The van der Waals surface area contributed by atoms with Gasteiger partial charge in [0, 0.05) is 24.7 Å². The van der Waals surface area contributed by atoms with Crippen LogP contribution in [0.15, 0.2) is 79.1 Å². The molecule has 3 aromatic heterocycles. The number of aryl methyl sites for hydroxylation is 1. The third-order valence-electron chi connectivity index (χ3n) is 7.55. The number of pyridine rings is 1. The molecule has 39 heavy (non-hydrogen) atoms. The van der Waals surface area contributed by atoms with Crippen molar-refractivity contribution in [1.82, 2.24) is 29.9 Å². The molecule has 0 spiro atoms. The molecule has 1 N–H and O–H groups in total. The summed E-state index contributed by atoms with van der Waals surface area (Å²) >= 11 is 0. The van der Waals surface area contributed by atoms with Crippen molar-refractivity contribution in [3.63, 3.8) is 0 Å². The van der Waals surface area contributed by atoms with E-state index in [2.05, 4.69) is 20.6 Å². The Hall–Kier alpha value is -4.53. The Morgan fingerprint density at radius 3 is 2.56 bits per heavy atom. The first kappa shape index (κ1) is 24.8. The van der Waals surface area contributed by atoms with Gasteiger partial charge in [-0.25, -0.2) is 4.68 Å². The zero-order valence-electron chi connectivity index (χ0n) is 21.9. The van der Waals surface area contributed by atoms with Crippen molar-refractivity contribution >= 4 is 39.4 Å². The van der Waals surface area contributed by atoms with E-state index in [4.69, 9.17) is 0 Å². The summed E-state index contributed by atoms with van der Waals surface area (Å²) in [6, 6.07) is 20.2. The summed E-state index contributed by atoms with van der Waals surface area (Å²) in [5.41, 5.74) is 3.54. The van der Waals surface area contributed by atoms with E-state index in [0.29, 0.717) is 16.9 Å². The van der Waals surface area contributed by atoms with Gasteiger partial charge in [0.2, 0.25) is 11.8 Å².